The van der Waals surface area contributed by atoms with E-state index in [0.717, 1.165) is 11.3 Å². The van der Waals surface area contributed by atoms with Gasteiger partial charge in [-0.2, -0.15) is 5.10 Å². The number of ether oxygens (including phenoxy) is 3. The van der Waals surface area contributed by atoms with E-state index in [1.54, 1.807) is 43.6 Å². The van der Waals surface area contributed by atoms with E-state index in [1.165, 1.54) is 16.7 Å². The van der Waals surface area contributed by atoms with Gasteiger partial charge in [-0.1, -0.05) is 11.8 Å². The van der Waals surface area contributed by atoms with Crippen LogP contribution in [0.1, 0.15) is 10.9 Å². The minimum Gasteiger partial charge on any atom is -0.493 e. The number of benzene rings is 2. The first kappa shape index (κ1) is 20.2. The van der Waals surface area contributed by atoms with Crippen molar-refractivity contribution < 1.29 is 14.2 Å². The molecule has 1 atom stereocenters. The number of hydrazone groups is 1. The van der Waals surface area contributed by atoms with Crippen LogP contribution in [0.15, 0.2) is 51.4 Å². The van der Waals surface area contributed by atoms with Crippen LogP contribution < -0.4 is 19.9 Å². The molecule has 0 fully saturated rings. The van der Waals surface area contributed by atoms with Crippen LogP contribution in [0.4, 0.5) is 5.69 Å². The van der Waals surface area contributed by atoms with E-state index in [0.29, 0.717) is 23.2 Å². The molecule has 1 aliphatic heterocycles. The third-order valence-electron chi connectivity index (χ3n) is 4.11. The summed E-state index contributed by atoms with van der Waals surface area (Å²) in [6, 6.07) is 11.7. The molecule has 7 nitrogen and oxygen atoms in total. The fourth-order valence-electron chi connectivity index (χ4n) is 2.74. The van der Waals surface area contributed by atoms with Crippen molar-refractivity contribution >= 4 is 40.7 Å². The van der Waals surface area contributed by atoms with Crippen LogP contribution in [-0.2, 0) is 0 Å². The molecule has 0 radical (unpaired) electrons. The molecule has 1 unspecified atom stereocenters. The molecule has 1 heterocycles. The summed E-state index contributed by atoms with van der Waals surface area (Å²) in [4.78, 5) is 5.68. The predicted octanol–water partition coefficient (Wildman–Crippen LogP) is 4.07. The first-order chi connectivity index (χ1) is 13.6. The lowest BCUT2D eigenvalue weighted by Gasteiger charge is -2.23. The summed E-state index contributed by atoms with van der Waals surface area (Å²) in [5.41, 5.74) is 9.69. The third-order valence-corrected chi connectivity index (χ3v) is 5.80. The Hall–Kier alpha value is -2.52. The molecule has 148 valence electrons. The highest BCUT2D eigenvalue weighted by Crippen LogP contribution is 2.44. The number of hydrogen-bond donors (Lipinski definition) is 1. The van der Waals surface area contributed by atoms with Crippen LogP contribution in [0.5, 0.6) is 17.2 Å². The maximum Gasteiger partial charge on any atom is 0.218 e. The second-order valence-corrected chi connectivity index (χ2v) is 7.49. The monoisotopic (exact) mass is 418 g/mol. The molecule has 0 aliphatic carbocycles. The zero-order valence-corrected chi connectivity index (χ0v) is 17.7. The number of rotatable bonds is 6. The minimum atomic E-state index is -0.192. The molecule has 3 rings (SSSR count). The molecule has 28 heavy (non-hydrogen) atoms. The largest absolute Gasteiger partial charge is 0.493 e. The van der Waals surface area contributed by atoms with Gasteiger partial charge in [0.2, 0.25) is 11.7 Å². The van der Waals surface area contributed by atoms with Gasteiger partial charge in [0.25, 0.3) is 0 Å². The molecule has 1 aliphatic rings. The lowest BCUT2D eigenvalue weighted by Crippen LogP contribution is -2.32. The molecule has 2 aromatic rings. The molecule has 0 bridgehead atoms. The molecule has 0 saturated heterocycles. The fraction of sp³-hybridized carbons (Fsp3) is 0.263. The number of methoxy groups -OCH3 is 3. The Bertz CT molecular complexity index is 862. The van der Waals surface area contributed by atoms with E-state index in [1.807, 2.05) is 42.7 Å². The predicted molar refractivity (Wildman–Crippen MR) is 116 cm³/mol. The van der Waals surface area contributed by atoms with E-state index in [-0.39, 0.29) is 5.37 Å². The maximum atomic E-state index is 6.26. The highest BCUT2D eigenvalue weighted by Gasteiger charge is 2.29. The molecule has 0 amide bonds. The van der Waals surface area contributed by atoms with Crippen molar-refractivity contribution in [3.63, 3.8) is 0 Å². The normalized spacial score (nSPS) is 16.4. The molecule has 0 spiro atoms. The van der Waals surface area contributed by atoms with E-state index in [4.69, 9.17) is 19.9 Å². The van der Waals surface area contributed by atoms with Crippen molar-refractivity contribution in [2.24, 2.45) is 15.8 Å². The Labute approximate surface area is 172 Å². The summed E-state index contributed by atoms with van der Waals surface area (Å²) in [6.07, 6.45) is 2.03. The van der Waals surface area contributed by atoms with Crippen LogP contribution in [0.3, 0.4) is 0 Å². The fourth-order valence-corrected chi connectivity index (χ4v) is 3.99. The Morgan fingerprint density at radius 2 is 1.75 bits per heavy atom. The van der Waals surface area contributed by atoms with Crippen molar-refractivity contribution in [3.05, 3.63) is 42.0 Å². The molecule has 2 aromatic carbocycles. The smallest absolute Gasteiger partial charge is 0.218 e. The minimum absolute atomic E-state index is 0.192. The summed E-state index contributed by atoms with van der Waals surface area (Å²) < 4.78 is 16.3. The van der Waals surface area contributed by atoms with Crippen LogP contribution in [0.2, 0.25) is 0 Å². The van der Waals surface area contributed by atoms with E-state index >= 15 is 0 Å². The highest BCUT2D eigenvalue weighted by atomic mass is 32.2. The number of nitrogens with zero attached hydrogens (tertiary/aromatic N) is 3. The Balaban J connectivity index is 1.91. The Kier molecular flexibility index (Phi) is 6.58. The average Bonchev–Trinajstić information content (AvgIpc) is 3.23. The van der Waals surface area contributed by atoms with Crippen molar-refractivity contribution in [2.75, 3.05) is 27.6 Å². The SMILES string of the molecule is COc1cc(C2SC=NN2C(N)=Nc2ccc(SC)cc2)cc(OC)c1OC. The lowest BCUT2D eigenvalue weighted by atomic mass is 10.1. The van der Waals surface area contributed by atoms with Crippen LogP contribution in [-0.4, -0.2) is 44.1 Å². The average molecular weight is 419 g/mol. The first-order valence-corrected chi connectivity index (χ1v) is 10.5. The topological polar surface area (TPSA) is 81.7 Å². The zero-order chi connectivity index (χ0) is 20.1. The van der Waals surface area contributed by atoms with Gasteiger partial charge in [-0.25, -0.2) is 10.0 Å². The molecular weight excluding hydrogens is 396 g/mol. The van der Waals surface area contributed by atoms with Gasteiger partial charge < -0.3 is 19.9 Å². The van der Waals surface area contributed by atoms with Gasteiger partial charge in [0, 0.05) is 4.90 Å². The van der Waals surface area contributed by atoms with Crippen LogP contribution in [0.25, 0.3) is 0 Å². The van der Waals surface area contributed by atoms with Crippen LogP contribution >= 0.6 is 23.5 Å². The second-order valence-electron chi connectivity index (χ2n) is 5.68. The summed E-state index contributed by atoms with van der Waals surface area (Å²) >= 11 is 3.20. The van der Waals surface area contributed by atoms with E-state index in [2.05, 4.69) is 10.1 Å². The summed E-state index contributed by atoms with van der Waals surface area (Å²) in [5.74, 6) is 2.00. The van der Waals surface area contributed by atoms with Gasteiger partial charge in [0.15, 0.2) is 11.5 Å². The number of thioether (sulfide) groups is 2. The zero-order valence-electron chi connectivity index (χ0n) is 16.1. The van der Waals surface area contributed by atoms with Gasteiger partial charge >= 0.3 is 0 Å². The summed E-state index contributed by atoms with van der Waals surface area (Å²) in [6.45, 7) is 0. The first-order valence-electron chi connectivity index (χ1n) is 8.36. The van der Waals surface area contributed by atoms with Gasteiger partial charge in [0.1, 0.15) is 5.37 Å². The number of nitrogens with two attached hydrogens (primary N) is 1. The molecule has 0 saturated carbocycles. The second kappa shape index (κ2) is 9.11. The molecular formula is C19H22N4O3S2. The van der Waals surface area contributed by atoms with Gasteiger partial charge in [-0.15, -0.1) is 11.8 Å². The molecule has 2 N–H and O–H groups in total. The Morgan fingerprint density at radius 1 is 1.11 bits per heavy atom. The van der Waals surface area contributed by atoms with Gasteiger partial charge in [0.05, 0.1) is 32.6 Å². The highest BCUT2D eigenvalue weighted by molar-refractivity contribution is 8.12. The maximum absolute atomic E-state index is 6.26. The van der Waals surface area contributed by atoms with Crippen molar-refractivity contribution in [1.29, 1.82) is 0 Å². The van der Waals surface area contributed by atoms with E-state index < -0.39 is 0 Å². The quantitative estimate of drug-likeness (QED) is 0.430. The standard InChI is InChI=1S/C19H22N4O3S2/c1-24-15-9-12(10-16(25-2)17(15)26-3)18-23(21-11-28-18)19(20)22-13-5-7-14(27-4)8-6-13/h5-11,18H,1-4H3,(H2,20,22). The Morgan fingerprint density at radius 3 is 2.29 bits per heavy atom. The summed E-state index contributed by atoms with van der Waals surface area (Å²) in [5, 5.41) is 5.86. The molecule has 9 heteroatoms. The van der Waals surface area contributed by atoms with Gasteiger partial charge in [-0.05, 0) is 48.2 Å². The van der Waals surface area contributed by atoms with Crippen molar-refractivity contribution in [1.82, 2.24) is 5.01 Å². The summed E-state index contributed by atoms with van der Waals surface area (Å²) in [7, 11) is 4.75. The van der Waals surface area contributed by atoms with Crippen molar-refractivity contribution in [2.45, 2.75) is 10.3 Å². The number of hydrogen-bond acceptors (Lipinski definition) is 7. The van der Waals surface area contributed by atoms with Gasteiger partial charge in [-0.3, -0.25) is 0 Å². The lowest BCUT2D eigenvalue weighted by molar-refractivity contribution is 0.322. The van der Waals surface area contributed by atoms with Crippen LogP contribution in [0, 0.1) is 0 Å². The van der Waals surface area contributed by atoms with E-state index in [9.17, 15) is 0 Å². The third kappa shape index (κ3) is 4.15. The number of guanidine groups is 1. The van der Waals surface area contributed by atoms with Crippen molar-refractivity contribution in [3.8, 4) is 17.2 Å². The number of aliphatic imine (C=N–C) groups is 1. The molecule has 0 aromatic heterocycles.